The summed E-state index contributed by atoms with van der Waals surface area (Å²) in [7, 11) is 0. The zero-order valence-electron chi connectivity index (χ0n) is 10.3. The molecule has 0 aromatic rings. The number of ketones is 1. The van der Waals surface area contributed by atoms with Crippen LogP contribution < -0.4 is 0 Å². The lowest BCUT2D eigenvalue weighted by molar-refractivity contribution is -0.127. The average molecular weight is 251 g/mol. The smallest absolute Gasteiger partial charge is 0.227 e. The Hall–Kier alpha value is -0.770. The fourth-order valence-corrected chi connectivity index (χ4v) is 4.51. The van der Waals surface area contributed by atoms with Crippen molar-refractivity contribution in [3.8, 4) is 0 Å². The predicted octanol–water partition coefficient (Wildman–Crippen LogP) is 1.98. The SMILES string of the molecule is CSC1C(=O)CC2(C)CC(=O)N3CCCC1=C32. The van der Waals surface area contributed by atoms with E-state index in [1.54, 1.807) is 11.8 Å². The lowest BCUT2D eigenvalue weighted by atomic mass is 9.72. The van der Waals surface area contributed by atoms with Gasteiger partial charge in [0.1, 0.15) is 0 Å². The molecule has 0 aromatic heterocycles. The van der Waals surface area contributed by atoms with Crippen molar-refractivity contribution in [2.24, 2.45) is 5.41 Å². The van der Waals surface area contributed by atoms with Crippen LogP contribution in [0.15, 0.2) is 11.3 Å². The van der Waals surface area contributed by atoms with Crippen LogP contribution in [0.3, 0.4) is 0 Å². The van der Waals surface area contributed by atoms with Crippen molar-refractivity contribution in [1.82, 2.24) is 4.90 Å². The molecule has 4 heteroatoms. The first kappa shape index (κ1) is 11.3. The quantitative estimate of drug-likeness (QED) is 0.715. The van der Waals surface area contributed by atoms with Gasteiger partial charge in [-0.1, -0.05) is 6.92 Å². The lowest BCUT2D eigenvalue weighted by Crippen LogP contribution is -2.40. The summed E-state index contributed by atoms with van der Waals surface area (Å²) in [5, 5.41) is 0.00627. The highest BCUT2D eigenvalue weighted by Crippen LogP contribution is 2.53. The molecular formula is C13H17NO2S. The Kier molecular flexibility index (Phi) is 2.41. The molecule has 0 aromatic carbocycles. The summed E-state index contributed by atoms with van der Waals surface area (Å²) in [5.41, 5.74) is 2.25. The molecule has 0 saturated carbocycles. The number of Topliss-reactive ketones (excluding diaryl/α,β-unsaturated/α-hetero) is 1. The Morgan fingerprint density at radius 1 is 1.35 bits per heavy atom. The molecule has 0 spiro atoms. The van der Waals surface area contributed by atoms with Gasteiger partial charge < -0.3 is 4.90 Å². The van der Waals surface area contributed by atoms with E-state index in [9.17, 15) is 9.59 Å². The Labute approximate surface area is 106 Å². The molecule has 1 fully saturated rings. The molecule has 1 saturated heterocycles. The van der Waals surface area contributed by atoms with Crippen molar-refractivity contribution in [2.75, 3.05) is 12.8 Å². The zero-order valence-corrected chi connectivity index (χ0v) is 11.1. The molecule has 3 rings (SSSR count). The summed E-state index contributed by atoms with van der Waals surface area (Å²) in [5.74, 6) is 0.532. The van der Waals surface area contributed by atoms with Gasteiger partial charge in [-0.2, -0.15) is 0 Å². The number of amides is 1. The number of allylic oxidation sites excluding steroid dienone is 1. The van der Waals surface area contributed by atoms with Gasteiger partial charge in [-0.3, -0.25) is 9.59 Å². The summed E-state index contributed by atoms with van der Waals surface area (Å²) < 4.78 is 0. The maximum Gasteiger partial charge on any atom is 0.227 e. The maximum atomic E-state index is 12.2. The topological polar surface area (TPSA) is 37.4 Å². The minimum Gasteiger partial charge on any atom is -0.316 e. The largest absolute Gasteiger partial charge is 0.316 e. The van der Waals surface area contributed by atoms with Crippen molar-refractivity contribution < 1.29 is 9.59 Å². The van der Waals surface area contributed by atoms with Crippen LogP contribution in [-0.4, -0.2) is 34.6 Å². The van der Waals surface area contributed by atoms with Crippen molar-refractivity contribution in [3.05, 3.63) is 11.3 Å². The Balaban J connectivity index is 2.17. The van der Waals surface area contributed by atoms with E-state index < -0.39 is 0 Å². The lowest BCUT2D eigenvalue weighted by Gasteiger charge is -2.40. The molecule has 2 unspecified atom stereocenters. The Bertz CT molecular complexity index is 443. The fraction of sp³-hybridized carbons (Fsp3) is 0.692. The molecule has 0 radical (unpaired) electrons. The number of rotatable bonds is 1. The summed E-state index contributed by atoms with van der Waals surface area (Å²) in [6, 6.07) is 0. The van der Waals surface area contributed by atoms with Gasteiger partial charge in [0.25, 0.3) is 0 Å². The summed E-state index contributed by atoms with van der Waals surface area (Å²) >= 11 is 1.63. The Morgan fingerprint density at radius 2 is 2.12 bits per heavy atom. The maximum absolute atomic E-state index is 12.2. The summed E-state index contributed by atoms with van der Waals surface area (Å²) in [4.78, 5) is 26.2. The molecule has 17 heavy (non-hydrogen) atoms. The number of carbonyl (C=O) groups excluding carboxylic acids is 2. The van der Waals surface area contributed by atoms with Crippen LogP contribution in [0.2, 0.25) is 0 Å². The highest BCUT2D eigenvalue weighted by atomic mass is 32.2. The van der Waals surface area contributed by atoms with Gasteiger partial charge in [-0.05, 0) is 24.7 Å². The van der Waals surface area contributed by atoms with E-state index in [-0.39, 0.29) is 16.6 Å². The predicted molar refractivity (Wildman–Crippen MR) is 67.6 cm³/mol. The minimum atomic E-state index is -0.198. The Morgan fingerprint density at radius 3 is 2.82 bits per heavy atom. The highest BCUT2D eigenvalue weighted by Gasteiger charge is 2.52. The van der Waals surface area contributed by atoms with Gasteiger partial charge >= 0.3 is 0 Å². The van der Waals surface area contributed by atoms with Crippen molar-refractivity contribution in [2.45, 2.75) is 37.9 Å². The van der Waals surface area contributed by atoms with E-state index >= 15 is 0 Å². The number of nitrogens with zero attached hydrogens (tertiary/aromatic N) is 1. The minimum absolute atomic E-state index is 0.00627. The van der Waals surface area contributed by atoms with Gasteiger partial charge in [0, 0.05) is 30.5 Å². The molecule has 3 nitrogen and oxygen atoms in total. The molecule has 1 amide bonds. The fourth-order valence-electron chi connectivity index (χ4n) is 3.65. The zero-order chi connectivity index (χ0) is 12.2. The van der Waals surface area contributed by atoms with E-state index in [1.165, 1.54) is 11.3 Å². The molecule has 0 bridgehead atoms. The molecule has 1 aliphatic carbocycles. The first-order valence-electron chi connectivity index (χ1n) is 6.16. The van der Waals surface area contributed by atoms with E-state index in [4.69, 9.17) is 0 Å². The van der Waals surface area contributed by atoms with E-state index in [1.807, 2.05) is 11.2 Å². The third kappa shape index (κ3) is 1.43. The van der Waals surface area contributed by atoms with Crippen molar-refractivity contribution >= 4 is 23.5 Å². The first-order chi connectivity index (χ1) is 8.07. The second kappa shape index (κ2) is 3.61. The van der Waals surface area contributed by atoms with Crippen LogP contribution in [0.4, 0.5) is 0 Å². The first-order valence-corrected chi connectivity index (χ1v) is 7.45. The van der Waals surface area contributed by atoms with Gasteiger partial charge in [-0.15, -0.1) is 11.8 Å². The van der Waals surface area contributed by atoms with Crippen LogP contribution in [0.25, 0.3) is 0 Å². The van der Waals surface area contributed by atoms with Crippen LogP contribution in [0, 0.1) is 5.41 Å². The van der Waals surface area contributed by atoms with Crippen LogP contribution in [0.5, 0.6) is 0 Å². The number of thioether (sulfide) groups is 1. The molecule has 3 aliphatic rings. The van der Waals surface area contributed by atoms with Crippen LogP contribution >= 0.6 is 11.8 Å². The second-order valence-corrected chi connectivity index (χ2v) is 6.46. The molecular weight excluding hydrogens is 234 g/mol. The molecule has 2 heterocycles. The van der Waals surface area contributed by atoms with E-state index in [0.717, 1.165) is 19.4 Å². The van der Waals surface area contributed by atoms with Gasteiger partial charge in [0.15, 0.2) is 5.78 Å². The van der Waals surface area contributed by atoms with Gasteiger partial charge in [0.05, 0.1) is 5.25 Å². The average Bonchev–Trinajstić information content (AvgIpc) is 2.52. The van der Waals surface area contributed by atoms with E-state index in [2.05, 4.69) is 6.92 Å². The molecule has 0 N–H and O–H groups in total. The normalized spacial score (nSPS) is 36.6. The molecule has 2 atom stereocenters. The third-order valence-electron chi connectivity index (χ3n) is 4.23. The second-order valence-electron chi connectivity index (χ2n) is 5.52. The number of hydrogen-bond donors (Lipinski definition) is 0. The van der Waals surface area contributed by atoms with Crippen LogP contribution in [0.1, 0.15) is 32.6 Å². The van der Waals surface area contributed by atoms with Crippen molar-refractivity contribution in [3.63, 3.8) is 0 Å². The van der Waals surface area contributed by atoms with E-state index in [0.29, 0.717) is 18.6 Å². The van der Waals surface area contributed by atoms with Gasteiger partial charge in [0.2, 0.25) is 5.91 Å². The molecule has 92 valence electrons. The molecule has 2 aliphatic heterocycles. The highest BCUT2D eigenvalue weighted by molar-refractivity contribution is 8.00. The van der Waals surface area contributed by atoms with Crippen molar-refractivity contribution in [1.29, 1.82) is 0 Å². The standard InChI is InChI=1S/C13H17NO2S/c1-13-6-9(15)11(17-2)8-4-3-5-14(12(8)13)10(16)7-13/h11H,3-7H2,1-2H3. The van der Waals surface area contributed by atoms with Gasteiger partial charge in [-0.25, -0.2) is 0 Å². The summed E-state index contributed by atoms with van der Waals surface area (Å²) in [6.07, 6.45) is 5.06. The monoisotopic (exact) mass is 251 g/mol. The number of carbonyl (C=O) groups is 2. The van der Waals surface area contributed by atoms with Crippen LogP contribution in [-0.2, 0) is 9.59 Å². The summed E-state index contributed by atoms with van der Waals surface area (Å²) in [6.45, 7) is 2.93. The number of hydrogen-bond acceptors (Lipinski definition) is 3. The third-order valence-corrected chi connectivity index (χ3v) is 5.24.